The highest BCUT2D eigenvalue weighted by molar-refractivity contribution is 5.33. The Hall–Kier alpha value is -2.05. The molecule has 2 rings (SSSR count). The van der Waals surface area contributed by atoms with Gasteiger partial charge in [-0.3, -0.25) is 0 Å². The van der Waals surface area contributed by atoms with Crippen LogP contribution in [0.1, 0.15) is 29.7 Å². The Bertz CT molecular complexity index is 688. The van der Waals surface area contributed by atoms with Gasteiger partial charge in [-0.15, -0.1) is 0 Å². The summed E-state index contributed by atoms with van der Waals surface area (Å²) in [6.45, 7) is 2.11. The van der Waals surface area contributed by atoms with E-state index in [1.54, 1.807) is 7.11 Å². The van der Waals surface area contributed by atoms with E-state index in [0.717, 1.165) is 23.4 Å². The zero-order valence-corrected chi connectivity index (χ0v) is 14.2. The number of methoxy groups -OCH3 is 1. The molecule has 0 bridgehead atoms. The van der Waals surface area contributed by atoms with Gasteiger partial charge in [0.05, 0.1) is 18.8 Å². The fourth-order valence-corrected chi connectivity index (χ4v) is 2.63. The summed E-state index contributed by atoms with van der Waals surface area (Å²) in [7, 11) is 1.61. The Morgan fingerprint density at radius 3 is 2.52 bits per heavy atom. The van der Waals surface area contributed by atoms with Gasteiger partial charge in [-0.25, -0.2) is 0 Å². The number of para-hydroxylation sites is 1. The lowest BCUT2D eigenvalue weighted by Crippen LogP contribution is -2.32. The SMILES string of the molecule is COc1ccccc1CC(C)NC[C@H](O)c1cccc(C(F)(F)F)c1. The van der Waals surface area contributed by atoms with Crippen LogP contribution in [-0.4, -0.2) is 24.8 Å². The molecule has 0 saturated heterocycles. The standard InChI is InChI=1S/C19H22F3NO2/c1-13(10-15-6-3-4-9-18(15)25-2)23-12-17(24)14-7-5-8-16(11-14)19(20,21)22/h3-9,11,13,17,23-24H,10,12H2,1-2H3/t13?,17-/m0/s1. The minimum atomic E-state index is -4.42. The van der Waals surface area contributed by atoms with Gasteiger partial charge in [-0.2, -0.15) is 13.2 Å². The highest BCUT2D eigenvalue weighted by atomic mass is 19.4. The number of ether oxygens (including phenoxy) is 1. The van der Waals surface area contributed by atoms with E-state index in [1.807, 2.05) is 31.2 Å². The van der Waals surface area contributed by atoms with E-state index in [2.05, 4.69) is 5.32 Å². The van der Waals surface area contributed by atoms with Crippen LogP contribution in [0.15, 0.2) is 48.5 Å². The summed E-state index contributed by atoms with van der Waals surface area (Å²) in [6.07, 6.45) is -4.75. The lowest BCUT2D eigenvalue weighted by molar-refractivity contribution is -0.137. The van der Waals surface area contributed by atoms with Gasteiger partial charge in [0.25, 0.3) is 0 Å². The Kier molecular flexibility index (Phi) is 6.45. The van der Waals surface area contributed by atoms with Crippen molar-refractivity contribution in [2.75, 3.05) is 13.7 Å². The van der Waals surface area contributed by atoms with E-state index in [9.17, 15) is 18.3 Å². The molecule has 136 valence electrons. The third-order valence-corrected chi connectivity index (χ3v) is 3.98. The number of rotatable bonds is 7. The zero-order valence-electron chi connectivity index (χ0n) is 14.2. The van der Waals surface area contributed by atoms with Crippen LogP contribution < -0.4 is 10.1 Å². The van der Waals surface area contributed by atoms with Gasteiger partial charge in [-0.1, -0.05) is 30.3 Å². The van der Waals surface area contributed by atoms with Crippen LogP contribution in [0, 0.1) is 0 Å². The number of nitrogens with one attached hydrogen (secondary N) is 1. The first-order valence-corrected chi connectivity index (χ1v) is 8.01. The van der Waals surface area contributed by atoms with E-state index in [1.165, 1.54) is 12.1 Å². The van der Waals surface area contributed by atoms with Gasteiger partial charge in [0.1, 0.15) is 5.75 Å². The number of benzene rings is 2. The van der Waals surface area contributed by atoms with Crippen molar-refractivity contribution >= 4 is 0 Å². The maximum absolute atomic E-state index is 12.7. The first-order valence-electron chi connectivity index (χ1n) is 8.01. The summed E-state index contributed by atoms with van der Waals surface area (Å²) < 4.78 is 43.6. The number of hydrogen-bond donors (Lipinski definition) is 2. The van der Waals surface area contributed by atoms with Crippen molar-refractivity contribution in [3.63, 3.8) is 0 Å². The molecular weight excluding hydrogens is 331 g/mol. The highest BCUT2D eigenvalue weighted by Gasteiger charge is 2.30. The van der Waals surface area contributed by atoms with E-state index < -0.39 is 17.8 Å². The Morgan fingerprint density at radius 1 is 1.12 bits per heavy atom. The molecule has 0 aromatic heterocycles. The van der Waals surface area contributed by atoms with Crippen LogP contribution in [-0.2, 0) is 12.6 Å². The average Bonchev–Trinajstić information content (AvgIpc) is 2.59. The van der Waals surface area contributed by atoms with Crippen molar-refractivity contribution < 1.29 is 23.0 Å². The van der Waals surface area contributed by atoms with E-state index in [4.69, 9.17) is 4.74 Å². The molecule has 3 nitrogen and oxygen atoms in total. The van der Waals surface area contributed by atoms with Crippen molar-refractivity contribution in [1.29, 1.82) is 0 Å². The molecule has 2 N–H and O–H groups in total. The summed E-state index contributed by atoms with van der Waals surface area (Å²) >= 11 is 0. The third-order valence-electron chi connectivity index (χ3n) is 3.98. The predicted molar refractivity (Wildman–Crippen MR) is 90.6 cm³/mol. The monoisotopic (exact) mass is 353 g/mol. The molecule has 0 saturated carbocycles. The highest BCUT2D eigenvalue weighted by Crippen LogP contribution is 2.30. The second-order valence-corrected chi connectivity index (χ2v) is 5.96. The van der Waals surface area contributed by atoms with Crippen LogP contribution in [0.2, 0.25) is 0 Å². The number of halogens is 3. The molecule has 0 heterocycles. The van der Waals surface area contributed by atoms with Crippen molar-refractivity contribution in [3.05, 3.63) is 65.2 Å². The number of aliphatic hydroxyl groups excluding tert-OH is 1. The molecule has 1 unspecified atom stereocenters. The summed E-state index contributed by atoms with van der Waals surface area (Å²) in [4.78, 5) is 0. The minimum absolute atomic E-state index is 0.0248. The smallest absolute Gasteiger partial charge is 0.416 e. The van der Waals surface area contributed by atoms with Gasteiger partial charge >= 0.3 is 6.18 Å². The fraction of sp³-hybridized carbons (Fsp3) is 0.368. The van der Waals surface area contributed by atoms with Gasteiger partial charge in [0, 0.05) is 12.6 Å². The molecule has 0 radical (unpaired) electrons. The molecular formula is C19H22F3NO2. The van der Waals surface area contributed by atoms with Crippen LogP contribution in [0.25, 0.3) is 0 Å². The van der Waals surface area contributed by atoms with Crippen LogP contribution in [0.3, 0.4) is 0 Å². The van der Waals surface area contributed by atoms with Crippen molar-refractivity contribution in [2.45, 2.75) is 31.7 Å². The largest absolute Gasteiger partial charge is 0.496 e. The molecule has 0 fully saturated rings. The number of aliphatic hydroxyl groups is 1. The molecule has 0 aliphatic heterocycles. The number of alkyl halides is 3. The van der Waals surface area contributed by atoms with Gasteiger partial charge in [-0.05, 0) is 42.7 Å². The lowest BCUT2D eigenvalue weighted by Gasteiger charge is -2.19. The molecule has 0 amide bonds. The quantitative estimate of drug-likeness (QED) is 0.791. The van der Waals surface area contributed by atoms with Crippen LogP contribution >= 0.6 is 0 Å². The molecule has 6 heteroatoms. The third kappa shape index (κ3) is 5.47. The van der Waals surface area contributed by atoms with Crippen LogP contribution in [0.5, 0.6) is 5.75 Å². The lowest BCUT2D eigenvalue weighted by atomic mass is 10.0. The Balaban J connectivity index is 1.94. The summed E-state index contributed by atoms with van der Waals surface area (Å²) in [5, 5.41) is 13.3. The summed E-state index contributed by atoms with van der Waals surface area (Å²) in [5.74, 6) is 0.787. The van der Waals surface area contributed by atoms with E-state index in [0.29, 0.717) is 6.42 Å². The second-order valence-electron chi connectivity index (χ2n) is 5.96. The molecule has 0 spiro atoms. The van der Waals surface area contributed by atoms with Gasteiger partial charge < -0.3 is 15.2 Å². The molecule has 0 aliphatic rings. The summed E-state index contributed by atoms with van der Waals surface area (Å²) in [5.41, 5.74) is 0.511. The molecule has 0 aliphatic carbocycles. The first-order chi connectivity index (χ1) is 11.8. The van der Waals surface area contributed by atoms with Gasteiger partial charge in [0.2, 0.25) is 0 Å². The average molecular weight is 353 g/mol. The zero-order chi connectivity index (χ0) is 18.4. The number of hydrogen-bond acceptors (Lipinski definition) is 3. The maximum atomic E-state index is 12.7. The molecule has 2 atom stereocenters. The van der Waals surface area contributed by atoms with Crippen molar-refractivity contribution in [1.82, 2.24) is 5.32 Å². The molecule has 25 heavy (non-hydrogen) atoms. The topological polar surface area (TPSA) is 41.5 Å². The fourth-order valence-electron chi connectivity index (χ4n) is 2.63. The van der Waals surface area contributed by atoms with Crippen LogP contribution in [0.4, 0.5) is 13.2 Å². The van der Waals surface area contributed by atoms with E-state index >= 15 is 0 Å². The molecule has 2 aromatic rings. The Labute approximate surface area is 145 Å². The second kappa shape index (κ2) is 8.36. The van der Waals surface area contributed by atoms with Crippen molar-refractivity contribution in [2.24, 2.45) is 0 Å². The Morgan fingerprint density at radius 2 is 1.84 bits per heavy atom. The maximum Gasteiger partial charge on any atom is 0.416 e. The van der Waals surface area contributed by atoms with Gasteiger partial charge in [0.15, 0.2) is 0 Å². The van der Waals surface area contributed by atoms with Crippen molar-refractivity contribution in [3.8, 4) is 5.75 Å². The first kappa shape index (κ1) is 19.3. The minimum Gasteiger partial charge on any atom is -0.496 e. The van der Waals surface area contributed by atoms with E-state index in [-0.39, 0.29) is 18.2 Å². The predicted octanol–water partition coefficient (Wildman–Crippen LogP) is 3.97. The molecule has 2 aromatic carbocycles. The normalized spacial score (nSPS) is 14.2. The summed E-state index contributed by atoms with van der Waals surface area (Å²) in [6, 6.07) is 12.4.